The van der Waals surface area contributed by atoms with Crippen LogP contribution in [-0.4, -0.2) is 46.8 Å². The van der Waals surface area contributed by atoms with Gasteiger partial charge >= 0.3 is 18.5 Å². The van der Waals surface area contributed by atoms with E-state index in [4.69, 9.17) is 4.74 Å². The summed E-state index contributed by atoms with van der Waals surface area (Å²) in [5.74, 6) is -2.45. The lowest BCUT2D eigenvalue weighted by molar-refractivity contribution is -0.274. The molecule has 1 aromatic heterocycles. The number of fused-ring (bicyclic) bond motifs is 1. The SMILES string of the molecule is CC1CC(C(F)(F)F)n2nc(C(=O)OCC(=O)Nc3ccc(OC(F)(F)F)cc3)cc2N1. The Hall–Kier alpha value is -3.45. The predicted molar refractivity (Wildman–Crippen MR) is 97.1 cm³/mol. The van der Waals surface area contributed by atoms with Crippen molar-refractivity contribution in [3.63, 3.8) is 0 Å². The van der Waals surface area contributed by atoms with Gasteiger partial charge in [0.05, 0.1) is 0 Å². The number of amides is 1. The zero-order valence-electron chi connectivity index (χ0n) is 16.3. The molecule has 174 valence electrons. The molecule has 0 saturated heterocycles. The summed E-state index contributed by atoms with van der Waals surface area (Å²) in [5.41, 5.74) is -0.318. The number of halogens is 6. The van der Waals surface area contributed by atoms with Gasteiger partial charge in [-0.2, -0.15) is 18.3 Å². The van der Waals surface area contributed by atoms with E-state index >= 15 is 0 Å². The number of ether oxygens (including phenoxy) is 2. The standard InChI is InChI=1S/C18H16F6N4O4/c1-9-6-13(17(19,20)21)28-14(25-9)7-12(27-28)16(30)31-8-15(29)26-10-2-4-11(5-3-10)32-18(22,23)24/h2-5,7,9,13,25H,6,8H2,1H3,(H,26,29). The smallest absolute Gasteiger partial charge is 0.451 e. The number of aromatic nitrogens is 2. The van der Waals surface area contributed by atoms with E-state index in [1.165, 1.54) is 0 Å². The molecule has 1 aliphatic rings. The first-order valence-corrected chi connectivity index (χ1v) is 9.07. The van der Waals surface area contributed by atoms with Crippen LogP contribution in [0.25, 0.3) is 0 Å². The monoisotopic (exact) mass is 466 g/mol. The van der Waals surface area contributed by atoms with Crippen LogP contribution in [0.4, 0.5) is 37.8 Å². The second-order valence-corrected chi connectivity index (χ2v) is 6.89. The number of anilines is 2. The molecule has 2 unspecified atom stereocenters. The number of benzene rings is 1. The van der Waals surface area contributed by atoms with Gasteiger partial charge < -0.3 is 20.1 Å². The van der Waals surface area contributed by atoms with Gasteiger partial charge in [-0.1, -0.05) is 0 Å². The molecule has 2 N–H and O–H groups in total. The molecule has 0 fully saturated rings. The molecule has 1 aromatic carbocycles. The molecule has 8 nitrogen and oxygen atoms in total. The number of nitrogens with zero attached hydrogens (tertiary/aromatic N) is 2. The van der Waals surface area contributed by atoms with Crippen LogP contribution in [0.5, 0.6) is 5.75 Å². The second kappa shape index (κ2) is 8.59. The number of alkyl halides is 6. The normalized spacial score (nSPS) is 18.3. The van der Waals surface area contributed by atoms with Crippen molar-refractivity contribution in [3.05, 3.63) is 36.0 Å². The second-order valence-electron chi connectivity index (χ2n) is 6.89. The molecule has 14 heteroatoms. The summed E-state index contributed by atoms with van der Waals surface area (Å²) in [7, 11) is 0. The predicted octanol–water partition coefficient (Wildman–Crippen LogP) is 3.88. The van der Waals surface area contributed by atoms with Crippen molar-refractivity contribution < 1.29 is 45.4 Å². The van der Waals surface area contributed by atoms with E-state index in [0.29, 0.717) is 4.68 Å². The van der Waals surface area contributed by atoms with E-state index in [0.717, 1.165) is 30.3 Å². The van der Waals surface area contributed by atoms with Crippen LogP contribution in [0.2, 0.25) is 0 Å². The molecule has 0 aliphatic carbocycles. The van der Waals surface area contributed by atoms with Crippen molar-refractivity contribution in [1.82, 2.24) is 9.78 Å². The molecule has 1 aliphatic heterocycles. The summed E-state index contributed by atoms with van der Waals surface area (Å²) in [6, 6.07) is 2.87. The zero-order valence-corrected chi connectivity index (χ0v) is 16.3. The fourth-order valence-corrected chi connectivity index (χ4v) is 3.00. The van der Waals surface area contributed by atoms with Gasteiger partial charge in [-0.15, -0.1) is 13.2 Å². The first-order valence-electron chi connectivity index (χ1n) is 9.07. The highest BCUT2D eigenvalue weighted by molar-refractivity contribution is 5.95. The highest BCUT2D eigenvalue weighted by Gasteiger charge is 2.45. The van der Waals surface area contributed by atoms with Crippen LogP contribution in [-0.2, 0) is 9.53 Å². The number of hydrogen-bond acceptors (Lipinski definition) is 6. The minimum atomic E-state index is -4.86. The molecule has 0 saturated carbocycles. The van der Waals surface area contributed by atoms with Crippen molar-refractivity contribution in [2.45, 2.75) is 38.0 Å². The van der Waals surface area contributed by atoms with Gasteiger partial charge in [0.2, 0.25) is 0 Å². The van der Waals surface area contributed by atoms with Gasteiger partial charge in [-0.3, -0.25) is 4.79 Å². The number of esters is 1. The van der Waals surface area contributed by atoms with E-state index in [-0.39, 0.29) is 17.9 Å². The summed E-state index contributed by atoms with van der Waals surface area (Å²) >= 11 is 0. The Morgan fingerprint density at radius 3 is 2.44 bits per heavy atom. The lowest BCUT2D eigenvalue weighted by Crippen LogP contribution is -2.37. The van der Waals surface area contributed by atoms with Gasteiger partial charge in [0.15, 0.2) is 18.3 Å². The summed E-state index contributed by atoms with van der Waals surface area (Å²) in [6.07, 6.45) is -9.71. The molecular weight excluding hydrogens is 450 g/mol. The van der Waals surface area contributed by atoms with Crippen LogP contribution >= 0.6 is 0 Å². The third-order valence-electron chi connectivity index (χ3n) is 4.30. The van der Waals surface area contributed by atoms with Crippen molar-refractivity contribution in [2.75, 3.05) is 17.2 Å². The van der Waals surface area contributed by atoms with Crippen LogP contribution in [0.15, 0.2) is 30.3 Å². The Balaban J connectivity index is 1.57. The third-order valence-corrected chi connectivity index (χ3v) is 4.30. The summed E-state index contributed by atoms with van der Waals surface area (Å²) in [5, 5.41) is 8.72. The Labute approximate surface area is 176 Å². The van der Waals surface area contributed by atoms with Gasteiger partial charge in [-0.05, 0) is 37.6 Å². The zero-order chi connectivity index (χ0) is 23.7. The van der Waals surface area contributed by atoms with Crippen molar-refractivity contribution in [2.24, 2.45) is 0 Å². The minimum Gasteiger partial charge on any atom is -0.451 e. The number of carbonyl (C=O) groups excluding carboxylic acids is 2. The molecule has 2 atom stereocenters. The molecule has 2 heterocycles. The van der Waals surface area contributed by atoms with E-state index in [9.17, 15) is 35.9 Å². The van der Waals surface area contributed by atoms with E-state index in [1.807, 2.05) is 0 Å². The molecule has 3 rings (SSSR count). The molecule has 1 amide bonds. The molecule has 0 radical (unpaired) electrons. The van der Waals surface area contributed by atoms with E-state index in [1.54, 1.807) is 6.92 Å². The Bertz CT molecular complexity index is 987. The average Bonchev–Trinajstić information content (AvgIpc) is 3.09. The lowest BCUT2D eigenvalue weighted by atomic mass is 10.1. The van der Waals surface area contributed by atoms with Crippen molar-refractivity contribution in [1.29, 1.82) is 0 Å². The minimum absolute atomic E-state index is 0.0105. The third kappa shape index (κ3) is 5.82. The van der Waals surface area contributed by atoms with E-state index in [2.05, 4.69) is 20.5 Å². The Morgan fingerprint density at radius 2 is 1.84 bits per heavy atom. The lowest BCUT2D eigenvalue weighted by Gasteiger charge is -2.31. The quantitative estimate of drug-likeness (QED) is 0.513. The average molecular weight is 466 g/mol. The van der Waals surface area contributed by atoms with Crippen LogP contribution in [0.3, 0.4) is 0 Å². The molecular formula is C18H16F6N4O4. The summed E-state index contributed by atoms with van der Waals surface area (Å²) < 4.78 is 85.3. The maximum Gasteiger partial charge on any atom is 0.573 e. The van der Waals surface area contributed by atoms with Crippen LogP contribution in [0, 0.1) is 0 Å². The highest BCUT2D eigenvalue weighted by atomic mass is 19.4. The first kappa shape index (κ1) is 23.2. The van der Waals surface area contributed by atoms with Gasteiger partial charge in [-0.25, -0.2) is 9.48 Å². The number of hydrogen-bond donors (Lipinski definition) is 2. The van der Waals surface area contributed by atoms with E-state index < -0.39 is 54.5 Å². The van der Waals surface area contributed by atoms with Gasteiger partial charge in [0.1, 0.15) is 11.6 Å². The highest BCUT2D eigenvalue weighted by Crippen LogP contribution is 2.39. The largest absolute Gasteiger partial charge is 0.573 e. The summed E-state index contributed by atoms with van der Waals surface area (Å²) in [4.78, 5) is 24.0. The number of rotatable bonds is 5. The topological polar surface area (TPSA) is 94.5 Å². The van der Waals surface area contributed by atoms with Crippen molar-refractivity contribution >= 4 is 23.4 Å². The Morgan fingerprint density at radius 1 is 1.19 bits per heavy atom. The van der Waals surface area contributed by atoms with Crippen molar-refractivity contribution in [3.8, 4) is 5.75 Å². The number of carbonyl (C=O) groups is 2. The molecule has 0 spiro atoms. The molecule has 32 heavy (non-hydrogen) atoms. The van der Waals surface area contributed by atoms with Crippen LogP contribution < -0.4 is 15.4 Å². The van der Waals surface area contributed by atoms with Gasteiger partial charge in [0.25, 0.3) is 5.91 Å². The first-order chi connectivity index (χ1) is 14.8. The molecule has 2 aromatic rings. The molecule has 0 bridgehead atoms. The number of nitrogens with one attached hydrogen (secondary N) is 2. The Kier molecular flexibility index (Phi) is 6.23. The fraction of sp³-hybridized carbons (Fsp3) is 0.389. The maximum absolute atomic E-state index is 13.2. The summed E-state index contributed by atoms with van der Waals surface area (Å²) in [6.45, 7) is 0.758. The fourth-order valence-electron chi connectivity index (χ4n) is 3.00. The maximum atomic E-state index is 13.2. The van der Waals surface area contributed by atoms with Gasteiger partial charge in [0, 0.05) is 17.8 Å². The van der Waals surface area contributed by atoms with Crippen LogP contribution in [0.1, 0.15) is 29.9 Å².